The smallest absolute Gasteiger partial charge is 0.242 e. The number of nitrogens with zero attached hydrogens (tertiary/aromatic N) is 2. The van der Waals surface area contributed by atoms with Crippen molar-refractivity contribution in [3.05, 3.63) is 54.4 Å². The number of anilines is 2. The number of carbonyl (C=O) groups excluding carboxylic acids is 2. The first-order chi connectivity index (χ1) is 14.6. The van der Waals surface area contributed by atoms with Crippen LogP contribution in [0.2, 0.25) is 0 Å². The molecule has 0 bridgehead atoms. The maximum Gasteiger partial charge on any atom is 0.242 e. The predicted octanol–water partition coefficient (Wildman–Crippen LogP) is 2.04. The second-order valence-corrected chi connectivity index (χ2v) is 8.57. The van der Waals surface area contributed by atoms with Crippen molar-refractivity contribution >= 4 is 33.2 Å². The highest BCUT2D eigenvalue weighted by Gasteiger charge is 2.22. The van der Waals surface area contributed by atoms with Gasteiger partial charge >= 0.3 is 0 Å². The average molecular weight is 443 g/mol. The molecule has 11 heteroatoms. The van der Waals surface area contributed by atoms with E-state index in [0.29, 0.717) is 23.0 Å². The second kappa shape index (κ2) is 9.06. The number of H-pyrrole nitrogens is 1. The molecule has 3 aromatic rings. The first-order valence-corrected chi connectivity index (χ1v) is 10.8. The van der Waals surface area contributed by atoms with Crippen LogP contribution in [0.25, 0.3) is 11.4 Å². The molecule has 4 N–H and O–H groups in total. The summed E-state index contributed by atoms with van der Waals surface area (Å²) in [6, 6.07) is 11.5. The van der Waals surface area contributed by atoms with E-state index >= 15 is 0 Å². The van der Waals surface area contributed by atoms with Gasteiger partial charge < -0.3 is 10.6 Å². The monoisotopic (exact) mass is 442 g/mol. The predicted molar refractivity (Wildman–Crippen MR) is 116 cm³/mol. The Hall–Kier alpha value is -3.57. The summed E-state index contributed by atoms with van der Waals surface area (Å²) in [4.78, 5) is 27.7. The molecule has 1 atom stereocenters. The molecular formula is C20H22N6O4S. The van der Waals surface area contributed by atoms with Crippen molar-refractivity contribution in [2.45, 2.75) is 31.7 Å². The van der Waals surface area contributed by atoms with E-state index < -0.39 is 22.0 Å². The number of rotatable bonds is 7. The highest BCUT2D eigenvalue weighted by atomic mass is 32.2. The van der Waals surface area contributed by atoms with Crippen LogP contribution in [-0.2, 0) is 19.6 Å². The quantitative estimate of drug-likeness (QED) is 0.440. The van der Waals surface area contributed by atoms with E-state index in [4.69, 9.17) is 0 Å². The molecule has 162 valence electrons. The van der Waals surface area contributed by atoms with Gasteiger partial charge in [0, 0.05) is 23.9 Å². The van der Waals surface area contributed by atoms with Gasteiger partial charge in [0.25, 0.3) is 0 Å². The van der Waals surface area contributed by atoms with Gasteiger partial charge in [0.1, 0.15) is 5.82 Å². The number of aromatic nitrogens is 3. The minimum absolute atomic E-state index is 0.0209. The fourth-order valence-electron chi connectivity index (χ4n) is 2.70. The maximum absolute atomic E-state index is 12.5. The summed E-state index contributed by atoms with van der Waals surface area (Å²) in [7, 11) is -3.93. The molecule has 0 aliphatic carbocycles. The van der Waals surface area contributed by atoms with Crippen LogP contribution in [0.4, 0.5) is 11.4 Å². The van der Waals surface area contributed by atoms with E-state index in [9.17, 15) is 18.0 Å². The highest BCUT2D eigenvalue weighted by molar-refractivity contribution is 7.89. The molecule has 0 radical (unpaired) electrons. The van der Waals surface area contributed by atoms with Crippen LogP contribution in [0, 0.1) is 6.92 Å². The lowest BCUT2D eigenvalue weighted by Gasteiger charge is -2.15. The SMILES string of the molecule is CC(=O)Nc1ccc(S(=O)(=O)N[C@@H](C)C(=O)Nc2ccc(-c3n[nH]c(C)n3)cc2)cc1. The van der Waals surface area contributed by atoms with Gasteiger partial charge in [-0.2, -0.15) is 9.82 Å². The fourth-order valence-corrected chi connectivity index (χ4v) is 3.90. The Morgan fingerprint density at radius 2 is 1.55 bits per heavy atom. The van der Waals surface area contributed by atoms with E-state index in [1.807, 2.05) is 0 Å². The summed E-state index contributed by atoms with van der Waals surface area (Å²) >= 11 is 0. The van der Waals surface area contributed by atoms with E-state index in [1.165, 1.54) is 38.1 Å². The number of hydrogen-bond acceptors (Lipinski definition) is 6. The van der Waals surface area contributed by atoms with E-state index in [0.717, 1.165) is 5.56 Å². The summed E-state index contributed by atoms with van der Waals surface area (Å²) < 4.78 is 27.4. The van der Waals surface area contributed by atoms with Crippen molar-refractivity contribution in [3.8, 4) is 11.4 Å². The summed E-state index contributed by atoms with van der Waals surface area (Å²) in [5.74, 6) is 0.460. The molecule has 0 saturated heterocycles. The Labute approximate surface area is 179 Å². The largest absolute Gasteiger partial charge is 0.326 e. The lowest BCUT2D eigenvalue weighted by Crippen LogP contribution is -2.41. The fraction of sp³-hybridized carbons (Fsp3) is 0.200. The Balaban J connectivity index is 1.62. The standard InChI is InChI=1S/C20H22N6O4S/c1-12(26-31(29,30)18-10-8-16(9-11-18)22-14(3)27)20(28)23-17-6-4-15(5-7-17)19-21-13(2)24-25-19/h4-12,26H,1-3H3,(H,22,27)(H,23,28)(H,21,24,25)/t12-/m0/s1. The van der Waals surface area contributed by atoms with Crippen LogP contribution in [0.15, 0.2) is 53.4 Å². The van der Waals surface area contributed by atoms with Crippen LogP contribution < -0.4 is 15.4 Å². The number of sulfonamides is 1. The Bertz CT molecular complexity index is 1190. The number of carbonyl (C=O) groups is 2. The molecule has 0 saturated carbocycles. The number of hydrogen-bond donors (Lipinski definition) is 4. The van der Waals surface area contributed by atoms with Crippen LogP contribution >= 0.6 is 0 Å². The van der Waals surface area contributed by atoms with Gasteiger partial charge in [0.05, 0.1) is 10.9 Å². The van der Waals surface area contributed by atoms with Crippen molar-refractivity contribution in [2.24, 2.45) is 0 Å². The first-order valence-electron chi connectivity index (χ1n) is 9.34. The molecule has 2 amide bonds. The second-order valence-electron chi connectivity index (χ2n) is 6.86. The third kappa shape index (κ3) is 5.74. The number of amides is 2. The molecule has 0 spiro atoms. The van der Waals surface area contributed by atoms with Gasteiger partial charge in [-0.15, -0.1) is 0 Å². The summed E-state index contributed by atoms with van der Waals surface area (Å²) in [5.41, 5.74) is 1.76. The topological polar surface area (TPSA) is 146 Å². The van der Waals surface area contributed by atoms with E-state index in [-0.39, 0.29) is 10.8 Å². The van der Waals surface area contributed by atoms with Crippen molar-refractivity contribution in [3.63, 3.8) is 0 Å². The third-order valence-electron chi connectivity index (χ3n) is 4.22. The molecule has 0 unspecified atom stereocenters. The van der Waals surface area contributed by atoms with Gasteiger partial charge in [-0.25, -0.2) is 13.4 Å². The Morgan fingerprint density at radius 1 is 0.968 bits per heavy atom. The average Bonchev–Trinajstić information content (AvgIpc) is 3.14. The minimum atomic E-state index is -3.93. The van der Waals surface area contributed by atoms with Crippen molar-refractivity contribution in [1.82, 2.24) is 19.9 Å². The van der Waals surface area contributed by atoms with Gasteiger partial charge in [-0.1, -0.05) is 0 Å². The molecular weight excluding hydrogens is 420 g/mol. The number of nitrogens with one attached hydrogen (secondary N) is 4. The first kappa shape index (κ1) is 22.1. The van der Waals surface area contributed by atoms with Gasteiger partial charge in [0.15, 0.2) is 5.82 Å². The maximum atomic E-state index is 12.5. The summed E-state index contributed by atoms with van der Waals surface area (Å²) in [5, 5.41) is 12.1. The van der Waals surface area contributed by atoms with Gasteiger partial charge in [0.2, 0.25) is 21.8 Å². The molecule has 0 aliphatic rings. The van der Waals surface area contributed by atoms with Crippen molar-refractivity contribution in [1.29, 1.82) is 0 Å². The molecule has 3 rings (SSSR count). The molecule has 2 aromatic carbocycles. The van der Waals surface area contributed by atoms with E-state index in [1.54, 1.807) is 31.2 Å². The zero-order valence-electron chi connectivity index (χ0n) is 17.1. The third-order valence-corrected chi connectivity index (χ3v) is 5.77. The zero-order valence-corrected chi connectivity index (χ0v) is 17.9. The van der Waals surface area contributed by atoms with Crippen molar-refractivity contribution in [2.75, 3.05) is 10.6 Å². The normalized spacial score (nSPS) is 12.2. The Kier molecular flexibility index (Phi) is 6.47. The molecule has 0 fully saturated rings. The van der Waals surface area contributed by atoms with Crippen LogP contribution in [0.1, 0.15) is 19.7 Å². The lowest BCUT2D eigenvalue weighted by atomic mass is 10.2. The molecule has 1 heterocycles. The van der Waals surface area contributed by atoms with Crippen LogP contribution in [-0.4, -0.2) is 41.5 Å². The Morgan fingerprint density at radius 3 is 2.10 bits per heavy atom. The van der Waals surface area contributed by atoms with Gasteiger partial charge in [-0.05, 0) is 62.4 Å². The number of benzene rings is 2. The minimum Gasteiger partial charge on any atom is -0.326 e. The highest BCUT2D eigenvalue weighted by Crippen LogP contribution is 2.18. The van der Waals surface area contributed by atoms with E-state index in [2.05, 4.69) is 30.5 Å². The van der Waals surface area contributed by atoms with Crippen LogP contribution in [0.5, 0.6) is 0 Å². The molecule has 31 heavy (non-hydrogen) atoms. The molecule has 1 aromatic heterocycles. The van der Waals surface area contributed by atoms with Gasteiger partial charge in [-0.3, -0.25) is 14.7 Å². The molecule has 0 aliphatic heterocycles. The molecule has 10 nitrogen and oxygen atoms in total. The van der Waals surface area contributed by atoms with Crippen molar-refractivity contribution < 1.29 is 18.0 Å². The summed E-state index contributed by atoms with van der Waals surface area (Å²) in [6.45, 7) is 4.60. The van der Waals surface area contributed by atoms with Crippen LogP contribution in [0.3, 0.4) is 0 Å². The summed E-state index contributed by atoms with van der Waals surface area (Å²) in [6.07, 6.45) is 0. The number of aromatic amines is 1. The lowest BCUT2D eigenvalue weighted by molar-refractivity contribution is -0.117. The zero-order chi connectivity index (χ0) is 22.6. The number of aryl methyl sites for hydroxylation is 1.